The van der Waals surface area contributed by atoms with E-state index in [1.165, 1.54) is 0 Å². The fraction of sp³-hybridized carbons (Fsp3) is 0.875. The molecule has 0 bridgehead atoms. The van der Waals surface area contributed by atoms with Gasteiger partial charge in [-0.1, -0.05) is 79.4 Å². The quantitative estimate of drug-likeness (QED) is 0.0606. The highest BCUT2D eigenvalue weighted by Crippen LogP contribution is 2.45. The molecule has 0 radical (unpaired) electrons. The number of Topliss-reactive ketones (excluding diaryl/α,β-unsaturated/α-hetero) is 2. The van der Waals surface area contributed by atoms with Crippen molar-refractivity contribution in [2.45, 2.75) is 323 Å². The summed E-state index contributed by atoms with van der Waals surface area (Å²) in [7, 11) is 0. The van der Waals surface area contributed by atoms with Crippen LogP contribution in [0, 0.1) is 23.7 Å². The van der Waals surface area contributed by atoms with Gasteiger partial charge in [0.2, 0.25) is 0 Å². The van der Waals surface area contributed by atoms with Gasteiger partial charge in [-0.25, -0.2) is 0 Å². The van der Waals surface area contributed by atoms with Gasteiger partial charge in [-0.05, 0) is 174 Å². The third kappa shape index (κ3) is 19.2. The number of ketones is 2. The lowest BCUT2D eigenvalue weighted by molar-refractivity contribution is -0.297. The number of nitrogens with zero attached hydrogens (tertiary/aromatic N) is 4. The molecule has 0 aromatic rings. The van der Waals surface area contributed by atoms with Gasteiger partial charge in [-0.3, -0.25) is 28.9 Å². The van der Waals surface area contributed by atoms with Crippen molar-refractivity contribution in [1.82, 2.24) is 19.9 Å². The molecule has 4 heterocycles. The number of unbranched alkanes of at least 4 members (excludes halogenated alkanes) is 5. The van der Waals surface area contributed by atoms with E-state index >= 15 is 0 Å². The molecule has 76 heavy (non-hydrogen) atoms. The highest BCUT2D eigenvalue weighted by molar-refractivity contribution is 5.85. The van der Waals surface area contributed by atoms with E-state index in [1.807, 2.05) is 12.4 Å². The number of likely N-dealkylation sites (tertiary alicyclic amines) is 2. The zero-order chi connectivity index (χ0) is 57.9. The van der Waals surface area contributed by atoms with Crippen LogP contribution >= 0.6 is 0 Å². The Morgan fingerprint density at radius 2 is 0.724 bits per heavy atom. The van der Waals surface area contributed by atoms with Gasteiger partial charge >= 0.3 is 11.9 Å². The minimum atomic E-state index is -0.265. The fourth-order valence-corrected chi connectivity index (χ4v) is 14.3. The van der Waals surface area contributed by atoms with E-state index in [0.29, 0.717) is 30.5 Å². The van der Waals surface area contributed by atoms with Gasteiger partial charge in [0.05, 0.1) is 19.6 Å². The molecule has 12 heteroatoms. The molecular formula is C64H116N4O8. The minimum absolute atomic E-state index is 0.0392. The second kappa shape index (κ2) is 27.6. The van der Waals surface area contributed by atoms with Crippen LogP contribution in [0.15, 0.2) is 25.6 Å². The average Bonchev–Trinajstić information content (AvgIpc) is 3.25. The summed E-state index contributed by atoms with van der Waals surface area (Å²) >= 11 is 0. The molecule has 0 spiro atoms. The molecule has 440 valence electrons. The van der Waals surface area contributed by atoms with Crippen molar-refractivity contribution in [3.8, 4) is 0 Å². The Hall–Kier alpha value is -2.80. The van der Waals surface area contributed by atoms with Crippen LogP contribution in [0.1, 0.15) is 267 Å². The molecule has 0 N–H and O–H groups in total. The van der Waals surface area contributed by atoms with Crippen LogP contribution in [0.25, 0.3) is 0 Å². The molecule has 0 amide bonds. The van der Waals surface area contributed by atoms with E-state index in [0.717, 1.165) is 116 Å². The van der Waals surface area contributed by atoms with Crippen LogP contribution in [-0.4, -0.2) is 113 Å². The summed E-state index contributed by atoms with van der Waals surface area (Å²) < 4.78 is 11.8. The largest absolute Gasteiger partial charge is 0.462 e. The summed E-state index contributed by atoms with van der Waals surface area (Å²) in [5, 5.41) is 4.33. The molecule has 0 saturated carbocycles. The topological polar surface area (TPSA) is 118 Å². The highest BCUT2D eigenvalue weighted by Gasteiger charge is 2.51. The van der Waals surface area contributed by atoms with E-state index < -0.39 is 0 Å². The maximum Gasteiger partial charge on any atom is 0.306 e. The first-order valence-corrected chi connectivity index (χ1v) is 30.0. The standard InChI is InChI=1S/C38H72N2O5.C26H44N2O3/c1-13-29(3)27-43-39-35(5,6)23-31(24-36(39,7)8)33(41)21-19-17-15-16-18-20-22-34(42)45-32-25-37(9,10)40(38(11,12)26-32)44-28-30(4)14-2;1-11-27-23(3,4)15-19(16-24(27,5)6)21(29)13-14-22(30)31-20-17-25(7,8)28(12-2)26(9,10)18-20/h29-32H,13-28H2,1-12H3;11-12,19-20H,1-2,13-18H2,3-10H3. The van der Waals surface area contributed by atoms with E-state index in [2.05, 4.69) is 172 Å². The Balaban J connectivity index is 0.000000428. The smallest absolute Gasteiger partial charge is 0.306 e. The first-order chi connectivity index (χ1) is 34.9. The Morgan fingerprint density at radius 1 is 0.434 bits per heavy atom. The minimum Gasteiger partial charge on any atom is -0.462 e. The summed E-state index contributed by atoms with van der Waals surface area (Å²) in [6, 6.07) is 0. The van der Waals surface area contributed by atoms with Gasteiger partial charge in [0, 0.05) is 101 Å². The number of hydroxylamine groups is 4. The van der Waals surface area contributed by atoms with E-state index in [1.54, 1.807) is 0 Å². The van der Waals surface area contributed by atoms with Crippen LogP contribution in [0.2, 0.25) is 0 Å². The highest BCUT2D eigenvalue weighted by atomic mass is 16.7. The summed E-state index contributed by atoms with van der Waals surface area (Å²) in [5.41, 5.74) is -1.29. The van der Waals surface area contributed by atoms with Crippen LogP contribution < -0.4 is 0 Å². The van der Waals surface area contributed by atoms with Crippen molar-refractivity contribution >= 4 is 23.5 Å². The lowest BCUT2D eigenvalue weighted by Gasteiger charge is -2.55. The lowest BCUT2D eigenvalue weighted by Crippen LogP contribution is -2.62. The SMILES string of the molecule is C=CN1C(C)(C)CC(OC(=O)CCC(=O)C2CC(C)(C)N(C=C)C(C)(C)C2)CC1(C)C.CCC(C)CON1C(C)(C)CC(OC(=O)CCCCCCCCC(=O)C2CC(C)(C)N(OCC(C)CC)C(C)(C)C2)CC1(C)C. The third-order valence-electron chi connectivity index (χ3n) is 17.6. The number of piperidine rings is 4. The predicted octanol–water partition coefficient (Wildman–Crippen LogP) is 14.9. The molecule has 12 nitrogen and oxygen atoms in total. The molecule has 2 unspecified atom stereocenters. The van der Waals surface area contributed by atoms with Gasteiger partial charge in [-0.2, -0.15) is 10.1 Å². The lowest BCUT2D eigenvalue weighted by atomic mass is 9.72. The molecular weight excluding hydrogens is 953 g/mol. The number of carbonyl (C=O) groups excluding carboxylic acids is 4. The van der Waals surface area contributed by atoms with Crippen LogP contribution in [0.5, 0.6) is 0 Å². The van der Waals surface area contributed by atoms with Crippen molar-refractivity contribution < 1.29 is 38.3 Å². The predicted molar refractivity (Wildman–Crippen MR) is 311 cm³/mol. The van der Waals surface area contributed by atoms with Gasteiger partial charge in [0.1, 0.15) is 23.8 Å². The Morgan fingerprint density at radius 3 is 1.09 bits per heavy atom. The molecule has 4 rings (SSSR count). The van der Waals surface area contributed by atoms with Crippen LogP contribution in [0.3, 0.4) is 0 Å². The molecule has 4 saturated heterocycles. The molecule has 4 aliphatic rings. The number of ether oxygens (including phenoxy) is 2. The van der Waals surface area contributed by atoms with Crippen molar-refractivity contribution in [1.29, 1.82) is 0 Å². The number of hydrogen-bond donors (Lipinski definition) is 0. The normalized spacial score (nSPS) is 24.1. The number of esters is 2. The maximum atomic E-state index is 13.2. The molecule has 0 aromatic carbocycles. The summed E-state index contributed by atoms with van der Waals surface area (Å²) in [6.45, 7) is 53.1. The zero-order valence-electron chi connectivity index (χ0n) is 52.6. The Labute approximate surface area is 465 Å². The second-order valence-electron chi connectivity index (χ2n) is 29.1. The van der Waals surface area contributed by atoms with Gasteiger partial charge in [0.25, 0.3) is 0 Å². The molecule has 4 aliphatic heterocycles. The summed E-state index contributed by atoms with van der Waals surface area (Å²) in [4.78, 5) is 68.6. The first-order valence-electron chi connectivity index (χ1n) is 30.0. The van der Waals surface area contributed by atoms with Crippen LogP contribution in [-0.2, 0) is 38.3 Å². The molecule has 0 aromatic heterocycles. The Kier molecular flexibility index (Phi) is 24.5. The van der Waals surface area contributed by atoms with Crippen molar-refractivity contribution in [3.63, 3.8) is 0 Å². The zero-order valence-corrected chi connectivity index (χ0v) is 52.6. The number of hydrogen-bond acceptors (Lipinski definition) is 12. The molecule has 2 atom stereocenters. The van der Waals surface area contributed by atoms with Gasteiger partial charge in [-0.15, -0.1) is 0 Å². The van der Waals surface area contributed by atoms with Gasteiger partial charge in [0.15, 0.2) is 0 Å². The Bertz CT molecular complexity index is 1830. The molecule has 4 fully saturated rings. The van der Waals surface area contributed by atoms with Crippen molar-refractivity contribution in [2.75, 3.05) is 13.2 Å². The number of rotatable bonds is 26. The first kappa shape index (κ1) is 67.5. The van der Waals surface area contributed by atoms with E-state index in [4.69, 9.17) is 19.1 Å². The summed E-state index contributed by atoms with van der Waals surface area (Å²) in [6.07, 6.45) is 19.8. The monoisotopic (exact) mass is 1070 g/mol. The van der Waals surface area contributed by atoms with Crippen molar-refractivity contribution in [2.24, 2.45) is 23.7 Å². The third-order valence-corrected chi connectivity index (χ3v) is 17.6. The van der Waals surface area contributed by atoms with Crippen LogP contribution in [0.4, 0.5) is 0 Å². The average molecular weight is 1070 g/mol. The van der Waals surface area contributed by atoms with E-state index in [-0.39, 0.29) is 98.9 Å². The maximum absolute atomic E-state index is 13.2. The second-order valence-corrected chi connectivity index (χ2v) is 29.1. The fourth-order valence-electron chi connectivity index (χ4n) is 14.3. The van der Waals surface area contributed by atoms with Crippen molar-refractivity contribution in [3.05, 3.63) is 25.6 Å². The van der Waals surface area contributed by atoms with Gasteiger partial charge < -0.3 is 19.3 Å². The van der Waals surface area contributed by atoms with E-state index in [9.17, 15) is 19.2 Å². The number of carbonyl (C=O) groups is 4. The molecule has 0 aliphatic carbocycles. The summed E-state index contributed by atoms with van der Waals surface area (Å²) in [5.74, 6) is 1.35.